The molecule has 2 aliphatic carbocycles. The second-order valence-electron chi connectivity index (χ2n) is 6.71. The normalized spacial score (nSPS) is 25.4. The maximum absolute atomic E-state index is 12.5. The van der Waals surface area contributed by atoms with Gasteiger partial charge in [0.05, 0.1) is 5.92 Å². The first-order valence-corrected chi connectivity index (χ1v) is 8.47. The molecule has 0 aromatic carbocycles. The summed E-state index contributed by atoms with van der Waals surface area (Å²) in [6.07, 6.45) is 8.79. The predicted octanol–water partition coefficient (Wildman–Crippen LogP) is 2.11. The van der Waals surface area contributed by atoms with Crippen LogP contribution in [0.2, 0.25) is 0 Å². The van der Waals surface area contributed by atoms with Crippen molar-refractivity contribution in [2.45, 2.75) is 45.4 Å². The summed E-state index contributed by atoms with van der Waals surface area (Å²) in [5, 5.41) is 2.88. The number of carbonyl (C=O) groups is 2. The van der Waals surface area contributed by atoms with E-state index in [9.17, 15) is 9.59 Å². The van der Waals surface area contributed by atoms with Crippen LogP contribution in [0.5, 0.6) is 0 Å². The highest BCUT2D eigenvalue weighted by molar-refractivity contribution is 5.89. The van der Waals surface area contributed by atoms with Crippen LogP contribution in [0.1, 0.15) is 45.4 Å². The number of nitrogens with zero attached hydrogens (tertiary/aromatic N) is 1. The Hall–Kier alpha value is -1.32. The smallest absolute Gasteiger partial charge is 0.246 e. The zero-order valence-corrected chi connectivity index (χ0v) is 12.9. The Morgan fingerprint density at radius 3 is 2.33 bits per heavy atom. The van der Waals surface area contributed by atoms with Gasteiger partial charge in [0.1, 0.15) is 0 Å². The van der Waals surface area contributed by atoms with Crippen LogP contribution in [0.4, 0.5) is 0 Å². The van der Waals surface area contributed by atoms with Crippen molar-refractivity contribution in [3.63, 3.8) is 0 Å². The average molecular weight is 290 g/mol. The van der Waals surface area contributed by atoms with Crippen LogP contribution in [-0.2, 0) is 9.59 Å². The number of allylic oxidation sites excluding steroid dienone is 1. The molecule has 3 fully saturated rings. The molecule has 21 heavy (non-hydrogen) atoms. The Labute approximate surface area is 127 Å². The molecule has 0 aromatic rings. The van der Waals surface area contributed by atoms with Crippen LogP contribution >= 0.6 is 0 Å². The quantitative estimate of drug-likeness (QED) is 0.788. The Morgan fingerprint density at radius 2 is 1.76 bits per heavy atom. The van der Waals surface area contributed by atoms with Gasteiger partial charge in [0.25, 0.3) is 0 Å². The maximum atomic E-state index is 12.5. The summed E-state index contributed by atoms with van der Waals surface area (Å²) in [6.45, 7) is 3.98. The summed E-state index contributed by atoms with van der Waals surface area (Å²) in [5.74, 6) is 1.58. The molecule has 0 unspecified atom stereocenters. The minimum atomic E-state index is -0.0265. The largest absolute Gasteiger partial charge is 0.356 e. The van der Waals surface area contributed by atoms with Crippen LogP contribution in [0.25, 0.3) is 0 Å². The molecule has 4 heteroatoms. The zero-order valence-electron chi connectivity index (χ0n) is 12.9. The molecule has 0 aromatic heterocycles. The van der Waals surface area contributed by atoms with Crippen LogP contribution < -0.4 is 5.32 Å². The number of hydrogen-bond donors (Lipinski definition) is 1. The Balaban J connectivity index is 1.61. The molecular weight excluding hydrogens is 264 g/mol. The predicted molar refractivity (Wildman–Crippen MR) is 81.5 cm³/mol. The van der Waals surface area contributed by atoms with Gasteiger partial charge in [0, 0.05) is 25.7 Å². The molecule has 3 aliphatic rings. The van der Waals surface area contributed by atoms with Crippen molar-refractivity contribution >= 4 is 11.8 Å². The molecule has 1 saturated heterocycles. The second kappa shape index (κ2) is 6.20. The van der Waals surface area contributed by atoms with E-state index in [1.54, 1.807) is 0 Å². The molecular formula is C17H26N2O2. The van der Waals surface area contributed by atoms with Gasteiger partial charge in [-0.25, -0.2) is 0 Å². The Kier molecular flexibility index (Phi) is 4.32. The van der Waals surface area contributed by atoms with Gasteiger partial charge in [0.15, 0.2) is 0 Å². The second-order valence-corrected chi connectivity index (χ2v) is 6.71. The van der Waals surface area contributed by atoms with Crippen LogP contribution in [0.3, 0.4) is 0 Å². The molecule has 0 radical (unpaired) electrons. The van der Waals surface area contributed by atoms with E-state index in [-0.39, 0.29) is 17.7 Å². The Morgan fingerprint density at radius 1 is 1.10 bits per heavy atom. The number of hydrogen-bond acceptors (Lipinski definition) is 2. The van der Waals surface area contributed by atoms with Gasteiger partial charge >= 0.3 is 0 Å². The SMILES string of the molecule is CCNC(=O)[C@H]1CCCN(C(=O)C=C(C2CC2)C2CC2)C1. The number of nitrogens with one attached hydrogen (secondary N) is 1. The first-order chi connectivity index (χ1) is 10.2. The lowest BCUT2D eigenvalue weighted by Gasteiger charge is -2.31. The monoisotopic (exact) mass is 290 g/mol. The topological polar surface area (TPSA) is 49.4 Å². The molecule has 2 amide bonds. The molecule has 116 valence electrons. The maximum Gasteiger partial charge on any atom is 0.246 e. The van der Waals surface area contributed by atoms with E-state index in [2.05, 4.69) is 5.32 Å². The van der Waals surface area contributed by atoms with Gasteiger partial charge < -0.3 is 10.2 Å². The molecule has 1 aliphatic heterocycles. The lowest BCUT2D eigenvalue weighted by Crippen LogP contribution is -2.45. The minimum Gasteiger partial charge on any atom is -0.356 e. The molecule has 0 bridgehead atoms. The van der Waals surface area contributed by atoms with Crippen molar-refractivity contribution in [2.24, 2.45) is 17.8 Å². The summed E-state index contributed by atoms with van der Waals surface area (Å²) in [5.41, 5.74) is 1.40. The van der Waals surface area contributed by atoms with E-state index in [0.29, 0.717) is 24.9 Å². The number of likely N-dealkylation sites (tertiary alicyclic amines) is 1. The molecule has 4 nitrogen and oxygen atoms in total. The molecule has 3 rings (SSSR count). The summed E-state index contributed by atoms with van der Waals surface area (Å²) in [6, 6.07) is 0. The summed E-state index contributed by atoms with van der Waals surface area (Å²) in [4.78, 5) is 26.4. The van der Waals surface area contributed by atoms with Gasteiger partial charge in [-0.3, -0.25) is 9.59 Å². The van der Waals surface area contributed by atoms with Crippen LogP contribution in [0.15, 0.2) is 11.6 Å². The van der Waals surface area contributed by atoms with E-state index >= 15 is 0 Å². The van der Waals surface area contributed by atoms with Crippen molar-refractivity contribution in [2.75, 3.05) is 19.6 Å². The van der Waals surface area contributed by atoms with Crippen molar-refractivity contribution in [3.8, 4) is 0 Å². The minimum absolute atomic E-state index is 0.0265. The van der Waals surface area contributed by atoms with E-state index in [4.69, 9.17) is 0 Å². The molecule has 2 saturated carbocycles. The first-order valence-electron chi connectivity index (χ1n) is 8.47. The summed E-state index contributed by atoms with van der Waals surface area (Å²) >= 11 is 0. The van der Waals surface area contributed by atoms with Gasteiger partial charge in [0.2, 0.25) is 11.8 Å². The highest BCUT2D eigenvalue weighted by Crippen LogP contribution is 2.48. The van der Waals surface area contributed by atoms with Crippen molar-refractivity contribution < 1.29 is 9.59 Å². The lowest BCUT2D eigenvalue weighted by atomic mass is 9.96. The van der Waals surface area contributed by atoms with Crippen molar-refractivity contribution in [3.05, 3.63) is 11.6 Å². The number of amides is 2. The first kappa shape index (κ1) is 14.6. The zero-order chi connectivity index (χ0) is 14.8. The van der Waals surface area contributed by atoms with E-state index in [1.807, 2.05) is 17.9 Å². The van der Waals surface area contributed by atoms with Gasteiger partial charge in [-0.2, -0.15) is 0 Å². The third-order valence-corrected chi connectivity index (χ3v) is 4.84. The van der Waals surface area contributed by atoms with Crippen molar-refractivity contribution in [1.82, 2.24) is 10.2 Å². The lowest BCUT2D eigenvalue weighted by molar-refractivity contribution is -0.132. The van der Waals surface area contributed by atoms with Crippen LogP contribution in [-0.4, -0.2) is 36.3 Å². The summed E-state index contributed by atoms with van der Waals surface area (Å²) < 4.78 is 0. The number of rotatable bonds is 5. The number of piperidine rings is 1. The average Bonchev–Trinajstić information content (AvgIpc) is 3.38. The van der Waals surface area contributed by atoms with Gasteiger partial charge in [-0.05, 0) is 57.3 Å². The third kappa shape index (κ3) is 3.66. The highest BCUT2D eigenvalue weighted by Gasteiger charge is 2.37. The third-order valence-electron chi connectivity index (χ3n) is 4.84. The van der Waals surface area contributed by atoms with Gasteiger partial charge in [-0.1, -0.05) is 5.57 Å². The standard InChI is InChI=1S/C17H26N2O2/c1-2-18-17(21)14-4-3-9-19(11-14)16(20)10-15(12-5-6-12)13-7-8-13/h10,12-14H,2-9,11H2,1H3,(H,18,21)/t14-/m0/s1. The summed E-state index contributed by atoms with van der Waals surface area (Å²) in [7, 11) is 0. The van der Waals surface area contributed by atoms with Gasteiger partial charge in [-0.15, -0.1) is 0 Å². The molecule has 0 spiro atoms. The van der Waals surface area contributed by atoms with E-state index in [1.165, 1.54) is 31.3 Å². The highest BCUT2D eigenvalue weighted by atomic mass is 16.2. The molecule has 1 heterocycles. The fourth-order valence-corrected chi connectivity index (χ4v) is 3.35. The molecule has 1 N–H and O–H groups in total. The van der Waals surface area contributed by atoms with Crippen LogP contribution in [0, 0.1) is 17.8 Å². The fourth-order valence-electron chi connectivity index (χ4n) is 3.35. The molecule has 1 atom stereocenters. The van der Waals surface area contributed by atoms with E-state index in [0.717, 1.165) is 19.4 Å². The Bertz CT molecular complexity index is 436. The van der Waals surface area contributed by atoms with E-state index < -0.39 is 0 Å². The fraction of sp³-hybridized carbons (Fsp3) is 0.765. The number of carbonyl (C=O) groups excluding carboxylic acids is 2. The van der Waals surface area contributed by atoms with Crippen molar-refractivity contribution in [1.29, 1.82) is 0 Å².